The Morgan fingerprint density at radius 2 is 1.67 bits per heavy atom. The first-order chi connectivity index (χ1) is 13.0. The van der Waals surface area contributed by atoms with Gasteiger partial charge in [-0.25, -0.2) is 12.7 Å². The van der Waals surface area contributed by atoms with Crippen molar-refractivity contribution in [3.8, 4) is 5.75 Å². The van der Waals surface area contributed by atoms with E-state index in [4.69, 9.17) is 4.74 Å². The predicted octanol–water partition coefficient (Wildman–Crippen LogP) is 3.01. The number of nitro benzene ring substituents is 1. The van der Waals surface area contributed by atoms with Crippen molar-refractivity contribution in [2.45, 2.75) is 25.4 Å². The summed E-state index contributed by atoms with van der Waals surface area (Å²) < 4.78 is 32.4. The standard InChI is InChI=1S/C19H22N2O5S/c22-21(23)18-8-4-5-9-19(18)26-17-10-13-20(14-11-17)27(24,25)15-12-16-6-2-1-3-7-16/h1-9,17H,10-15H2. The van der Waals surface area contributed by atoms with Gasteiger partial charge in [0.1, 0.15) is 6.10 Å². The van der Waals surface area contributed by atoms with Crippen LogP contribution in [-0.2, 0) is 16.4 Å². The minimum Gasteiger partial charge on any atom is -0.483 e. The number of hydrogen-bond donors (Lipinski definition) is 0. The summed E-state index contributed by atoms with van der Waals surface area (Å²) in [4.78, 5) is 10.6. The molecule has 1 saturated heterocycles. The van der Waals surface area contributed by atoms with Crippen LogP contribution < -0.4 is 4.74 Å². The van der Waals surface area contributed by atoms with Crippen molar-refractivity contribution in [1.82, 2.24) is 4.31 Å². The zero-order valence-electron chi connectivity index (χ0n) is 14.9. The van der Waals surface area contributed by atoms with Crippen LogP contribution in [0.25, 0.3) is 0 Å². The van der Waals surface area contributed by atoms with Gasteiger partial charge >= 0.3 is 5.69 Å². The molecule has 0 spiro atoms. The second-order valence-electron chi connectivity index (χ2n) is 6.49. The van der Waals surface area contributed by atoms with Crippen LogP contribution in [0.2, 0.25) is 0 Å². The van der Waals surface area contributed by atoms with Crippen LogP contribution in [0.5, 0.6) is 5.75 Å². The lowest BCUT2D eigenvalue weighted by Gasteiger charge is -2.31. The van der Waals surface area contributed by atoms with Crippen molar-refractivity contribution < 1.29 is 18.1 Å². The normalized spacial score (nSPS) is 16.1. The number of ether oxygens (including phenoxy) is 1. The quantitative estimate of drug-likeness (QED) is 0.535. The Kier molecular flexibility index (Phi) is 6.08. The molecule has 3 rings (SSSR count). The summed E-state index contributed by atoms with van der Waals surface area (Å²) in [5.74, 6) is 0.306. The summed E-state index contributed by atoms with van der Waals surface area (Å²) >= 11 is 0. The smallest absolute Gasteiger partial charge is 0.310 e. The van der Waals surface area contributed by atoms with Crippen LogP contribution in [0.15, 0.2) is 54.6 Å². The highest BCUT2D eigenvalue weighted by molar-refractivity contribution is 7.89. The molecule has 2 aromatic rings. The third-order valence-electron chi connectivity index (χ3n) is 4.64. The van der Waals surface area contributed by atoms with E-state index in [1.54, 1.807) is 18.2 Å². The van der Waals surface area contributed by atoms with Gasteiger partial charge < -0.3 is 4.74 Å². The van der Waals surface area contributed by atoms with Gasteiger partial charge in [0.15, 0.2) is 5.75 Å². The lowest BCUT2D eigenvalue weighted by Crippen LogP contribution is -2.43. The number of hydrogen-bond acceptors (Lipinski definition) is 5. The van der Waals surface area contributed by atoms with Crippen molar-refractivity contribution in [1.29, 1.82) is 0 Å². The molecule has 7 nitrogen and oxygen atoms in total. The molecular weight excluding hydrogens is 368 g/mol. The molecule has 2 aromatic carbocycles. The van der Waals surface area contributed by atoms with Gasteiger partial charge in [-0.2, -0.15) is 0 Å². The minimum atomic E-state index is -3.33. The van der Waals surface area contributed by atoms with E-state index in [-0.39, 0.29) is 23.3 Å². The molecule has 0 aromatic heterocycles. The van der Waals surface area contributed by atoms with E-state index >= 15 is 0 Å². The molecule has 1 aliphatic heterocycles. The fraction of sp³-hybridized carbons (Fsp3) is 0.368. The molecule has 0 radical (unpaired) electrons. The van der Waals surface area contributed by atoms with Gasteiger partial charge in [0.05, 0.1) is 10.7 Å². The predicted molar refractivity (Wildman–Crippen MR) is 102 cm³/mol. The van der Waals surface area contributed by atoms with E-state index in [0.717, 1.165) is 5.56 Å². The van der Waals surface area contributed by atoms with Crippen molar-refractivity contribution >= 4 is 15.7 Å². The Bertz CT molecular complexity index is 878. The molecule has 144 valence electrons. The molecule has 0 unspecified atom stereocenters. The van der Waals surface area contributed by atoms with Gasteiger partial charge in [-0.1, -0.05) is 42.5 Å². The molecule has 27 heavy (non-hydrogen) atoms. The molecular formula is C19H22N2O5S. The number of nitro groups is 1. The monoisotopic (exact) mass is 390 g/mol. The topological polar surface area (TPSA) is 89.8 Å². The average molecular weight is 390 g/mol. The van der Waals surface area contributed by atoms with E-state index < -0.39 is 14.9 Å². The Hall–Kier alpha value is -2.45. The molecule has 1 aliphatic rings. The van der Waals surface area contributed by atoms with E-state index in [2.05, 4.69) is 0 Å². The van der Waals surface area contributed by atoms with Gasteiger partial charge in [0.25, 0.3) is 0 Å². The summed E-state index contributed by atoms with van der Waals surface area (Å²) in [5.41, 5.74) is 0.922. The molecule has 0 atom stereocenters. The van der Waals surface area contributed by atoms with Crippen LogP contribution in [0, 0.1) is 10.1 Å². The Balaban J connectivity index is 1.55. The van der Waals surface area contributed by atoms with Crippen LogP contribution >= 0.6 is 0 Å². The van der Waals surface area contributed by atoms with Crippen molar-refractivity contribution in [2.75, 3.05) is 18.8 Å². The van der Waals surface area contributed by atoms with E-state index in [9.17, 15) is 18.5 Å². The SMILES string of the molecule is O=[N+]([O-])c1ccccc1OC1CCN(S(=O)(=O)CCc2ccccc2)CC1. The molecule has 0 bridgehead atoms. The van der Waals surface area contributed by atoms with E-state index in [1.807, 2.05) is 30.3 Å². The zero-order valence-corrected chi connectivity index (χ0v) is 15.7. The molecule has 0 amide bonds. The lowest BCUT2D eigenvalue weighted by atomic mass is 10.1. The third kappa shape index (κ3) is 5.05. The van der Waals surface area contributed by atoms with Crippen molar-refractivity contribution in [2.24, 2.45) is 0 Å². The maximum absolute atomic E-state index is 12.6. The van der Waals surface area contributed by atoms with Gasteiger partial charge in [0, 0.05) is 19.2 Å². The van der Waals surface area contributed by atoms with Gasteiger partial charge in [-0.15, -0.1) is 0 Å². The number of sulfonamides is 1. The first-order valence-corrected chi connectivity index (χ1v) is 10.5. The summed E-state index contributed by atoms with van der Waals surface area (Å²) in [6.45, 7) is 0.727. The lowest BCUT2D eigenvalue weighted by molar-refractivity contribution is -0.386. The molecule has 0 N–H and O–H groups in total. The fourth-order valence-electron chi connectivity index (χ4n) is 3.14. The second-order valence-corrected chi connectivity index (χ2v) is 8.58. The maximum atomic E-state index is 12.6. The average Bonchev–Trinajstić information content (AvgIpc) is 2.68. The third-order valence-corrected chi connectivity index (χ3v) is 6.51. The zero-order chi connectivity index (χ0) is 19.3. The van der Waals surface area contributed by atoms with Crippen LogP contribution in [0.1, 0.15) is 18.4 Å². The van der Waals surface area contributed by atoms with Crippen LogP contribution in [-0.4, -0.2) is 42.6 Å². The second kappa shape index (κ2) is 8.49. The number of aryl methyl sites for hydroxylation is 1. The van der Waals surface area contributed by atoms with Gasteiger partial charge in [0.2, 0.25) is 10.0 Å². The largest absolute Gasteiger partial charge is 0.483 e. The highest BCUT2D eigenvalue weighted by Crippen LogP contribution is 2.29. The first kappa shape index (κ1) is 19.3. The van der Waals surface area contributed by atoms with Crippen LogP contribution in [0.4, 0.5) is 5.69 Å². The Morgan fingerprint density at radius 1 is 1.04 bits per heavy atom. The molecule has 0 aliphatic carbocycles. The minimum absolute atomic E-state index is 0.0737. The molecule has 0 saturated carbocycles. The molecule has 1 heterocycles. The first-order valence-electron chi connectivity index (χ1n) is 8.87. The van der Waals surface area contributed by atoms with Crippen LogP contribution in [0.3, 0.4) is 0 Å². The van der Waals surface area contributed by atoms with E-state index in [1.165, 1.54) is 10.4 Å². The molecule has 8 heteroatoms. The Labute approximate surface area is 158 Å². The number of nitrogens with zero attached hydrogens (tertiary/aromatic N) is 2. The fourth-order valence-corrected chi connectivity index (χ4v) is 4.65. The van der Waals surface area contributed by atoms with Gasteiger partial charge in [-0.05, 0) is 30.9 Å². The molecule has 1 fully saturated rings. The number of para-hydroxylation sites is 2. The Morgan fingerprint density at radius 3 is 2.33 bits per heavy atom. The summed E-state index contributed by atoms with van der Waals surface area (Å²) in [6.07, 6.45) is 1.27. The summed E-state index contributed by atoms with van der Waals surface area (Å²) in [7, 11) is -3.33. The summed E-state index contributed by atoms with van der Waals surface area (Å²) in [6, 6.07) is 15.8. The van der Waals surface area contributed by atoms with Gasteiger partial charge in [-0.3, -0.25) is 10.1 Å². The highest BCUT2D eigenvalue weighted by atomic mass is 32.2. The number of benzene rings is 2. The number of piperidine rings is 1. The maximum Gasteiger partial charge on any atom is 0.310 e. The van der Waals surface area contributed by atoms with Crippen molar-refractivity contribution in [3.05, 3.63) is 70.3 Å². The summed E-state index contributed by atoms with van der Waals surface area (Å²) in [5, 5.41) is 11.1. The van der Waals surface area contributed by atoms with Crippen molar-refractivity contribution in [3.63, 3.8) is 0 Å². The van der Waals surface area contributed by atoms with E-state index in [0.29, 0.717) is 32.4 Å². The number of rotatable bonds is 7. The highest BCUT2D eigenvalue weighted by Gasteiger charge is 2.29.